The maximum absolute atomic E-state index is 12.8. The van der Waals surface area contributed by atoms with Gasteiger partial charge >= 0.3 is 0 Å². The Bertz CT molecular complexity index is 777. The Hall–Kier alpha value is -1.69. The molecule has 0 amide bonds. The van der Waals surface area contributed by atoms with Crippen LogP contribution in [0.5, 0.6) is 0 Å². The van der Waals surface area contributed by atoms with Crippen molar-refractivity contribution in [3.8, 4) is 0 Å². The van der Waals surface area contributed by atoms with Gasteiger partial charge in [0.1, 0.15) is 0 Å². The van der Waals surface area contributed by atoms with E-state index in [2.05, 4.69) is 25.5 Å². The Kier molecular flexibility index (Phi) is 6.03. The highest BCUT2D eigenvalue weighted by Crippen LogP contribution is 2.24. The van der Waals surface area contributed by atoms with Crippen LogP contribution in [-0.2, 0) is 15.4 Å². The van der Waals surface area contributed by atoms with Gasteiger partial charge in [-0.2, -0.15) is 0 Å². The van der Waals surface area contributed by atoms with Crippen molar-refractivity contribution in [3.63, 3.8) is 0 Å². The number of likely N-dealkylation sites (N-methyl/N-ethyl adjacent to an activating group) is 1. The molecule has 2 aromatic carbocycles. The van der Waals surface area contributed by atoms with E-state index in [-0.39, 0.29) is 11.5 Å². The number of sulfonamides is 1. The van der Waals surface area contributed by atoms with E-state index in [1.165, 1.54) is 0 Å². The van der Waals surface area contributed by atoms with Gasteiger partial charge in [0.05, 0.1) is 10.9 Å². The lowest BCUT2D eigenvalue weighted by molar-refractivity contribution is 0.363. The number of hydrogen-bond acceptors (Lipinski definition) is 3. The maximum Gasteiger partial charge on any atom is 0.241 e. The molecule has 0 saturated carbocycles. The summed E-state index contributed by atoms with van der Waals surface area (Å²) in [7, 11) is 0.274. The molecule has 0 unspecified atom stereocenters. The molecule has 0 radical (unpaired) electrons. The van der Waals surface area contributed by atoms with Gasteiger partial charge in [-0.05, 0) is 42.8 Å². The van der Waals surface area contributed by atoms with Gasteiger partial charge in [0.15, 0.2) is 0 Å². The molecule has 1 atom stereocenters. The normalized spacial score (nSPS) is 13.8. The van der Waals surface area contributed by atoms with Gasteiger partial charge in [-0.3, -0.25) is 0 Å². The number of benzene rings is 2. The molecule has 0 aliphatic carbocycles. The monoisotopic (exact) mass is 360 g/mol. The molecule has 136 valence electrons. The smallest absolute Gasteiger partial charge is 0.241 e. The molecule has 25 heavy (non-hydrogen) atoms. The summed E-state index contributed by atoms with van der Waals surface area (Å²) in [4.78, 5) is 2.27. The molecule has 0 bridgehead atoms. The summed E-state index contributed by atoms with van der Waals surface area (Å²) < 4.78 is 28.5. The summed E-state index contributed by atoms with van der Waals surface area (Å²) in [5.41, 5.74) is 2.05. The lowest BCUT2D eigenvalue weighted by Crippen LogP contribution is -2.35. The first-order valence-electron chi connectivity index (χ1n) is 8.42. The van der Waals surface area contributed by atoms with Crippen molar-refractivity contribution in [2.45, 2.75) is 37.1 Å². The number of nitrogens with zero attached hydrogens (tertiary/aromatic N) is 1. The number of nitrogens with one attached hydrogen (secondary N) is 1. The Morgan fingerprint density at radius 2 is 1.52 bits per heavy atom. The first kappa shape index (κ1) is 19.6. The van der Waals surface area contributed by atoms with E-state index in [1.54, 1.807) is 12.1 Å². The summed E-state index contributed by atoms with van der Waals surface area (Å²) in [6, 6.07) is 16.5. The lowest BCUT2D eigenvalue weighted by Gasteiger charge is -2.23. The molecule has 4 nitrogen and oxygen atoms in total. The summed E-state index contributed by atoms with van der Waals surface area (Å²) in [5, 5.41) is 0. The standard InChI is InChI=1S/C20H28N2O2S/c1-20(2,3)17-11-13-18(14-12-17)25(23,24)21-19(15-22(4)5)16-9-7-6-8-10-16/h6-14,19,21H,15H2,1-5H3/t19-/m0/s1. The quantitative estimate of drug-likeness (QED) is 0.857. The largest absolute Gasteiger partial charge is 0.307 e. The van der Waals surface area contributed by atoms with Crippen LogP contribution in [-0.4, -0.2) is 34.0 Å². The minimum Gasteiger partial charge on any atom is -0.307 e. The van der Waals surface area contributed by atoms with Crippen molar-refractivity contribution < 1.29 is 8.42 Å². The number of rotatable bonds is 6. The number of hydrogen-bond donors (Lipinski definition) is 1. The van der Waals surface area contributed by atoms with Crippen LogP contribution in [0, 0.1) is 0 Å². The average Bonchev–Trinajstić information content (AvgIpc) is 2.54. The molecule has 1 N–H and O–H groups in total. The summed E-state index contributed by atoms with van der Waals surface area (Å²) in [6.45, 7) is 6.91. The fourth-order valence-corrected chi connectivity index (χ4v) is 3.87. The van der Waals surface area contributed by atoms with E-state index in [4.69, 9.17) is 0 Å². The molecule has 5 heteroatoms. The van der Waals surface area contributed by atoms with Gasteiger partial charge < -0.3 is 4.90 Å². The molecule has 0 spiro atoms. The summed E-state index contributed by atoms with van der Waals surface area (Å²) >= 11 is 0. The van der Waals surface area contributed by atoms with Gasteiger partial charge in [0, 0.05) is 6.54 Å². The first-order chi connectivity index (χ1) is 11.6. The van der Waals surface area contributed by atoms with Gasteiger partial charge in [-0.25, -0.2) is 13.1 Å². The molecule has 2 rings (SSSR count). The first-order valence-corrected chi connectivity index (χ1v) is 9.90. The van der Waals surface area contributed by atoms with Crippen molar-refractivity contribution in [1.82, 2.24) is 9.62 Å². The third kappa shape index (κ3) is 5.39. The van der Waals surface area contributed by atoms with Crippen LogP contribution in [0.3, 0.4) is 0 Å². The minimum atomic E-state index is -3.59. The Balaban J connectivity index is 2.28. The Morgan fingerprint density at radius 1 is 0.960 bits per heavy atom. The molecule has 0 aliphatic rings. The van der Waals surface area contributed by atoms with Crippen LogP contribution in [0.25, 0.3) is 0 Å². The van der Waals surface area contributed by atoms with Crippen LogP contribution in [0.15, 0.2) is 59.5 Å². The van der Waals surface area contributed by atoms with Gasteiger partial charge in [0.2, 0.25) is 10.0 Å². The van der Waals surface area contributed by atoms with E-state index in [9.17, 15) is 8.42 Å². The van der Waals surface area contributed by atoms with Crippen molar-refractivity contribution in [2.75, 3.05) is 20.6 Å². The third-order valence-corrected chi connectivity index (χ3v) is 5.57. The highest BCUT2D eigenvalue weighted by Gasteiger charge is 2.23. The van der Waals surface area contributed by atoms with Crippen LogP contribution >= 0.6 is 0 Å². The zero-order valence-electron chi connectivity index (χ0n) is 15.7. The van der Waals surface area contributed by atoms with Crippen molar-refractivity contribution >= 4 is 10.0 Å². The fourth-order valence-electron chi connectivity index (χ4n) is 2.65. The van der Waals surface area contributed by atoms with Gasteiger partial charge in [0.25, 0.3) is 0 Å². The molecule has 2 aromatic rings. The molecule has 0 aliphatic heterocycles. The predicted octanol–water partition coefficient (Wildman–Crippen LogP) is 3.57. The van der Waals surface area contributed by atoms with Crippen LogP contribution < -0.4 is 4.72 Å². The second-order valence-electron chi connectivity index (χ2n) is 7.62. The molecule has 0 saturated heterocycles. The molecular formula is C20H28N2O2S. The predicted molar refractivity (Wildman–Crippen MR) is 103 cm³/mol. The van der Waals surface area contributed by atoms with Gasteiger partial charge in [-0.1, -0.05) is 63.2 Å². The van der Waals surface area contributed by atoms with E-state index in [0.29, 0.717) is 11.4 Å². The molecule has 0 aromatic heterocycles. The lowest BCUT2D eigenvalue weighted by atomic mass is 9.87. The van der Waals surface area contributed by atoms with Crippen LogP contribution in [0.2, 0.25) is 0 Å². The second-order valence-corrected chi connectivity index (χ2v) is 9.34. The molecule has 0 heterocycles. The summed E-state index contributed by atoms with van der Waals surface area (Å²) in [5.74, 6) is 0. The van der Waals surface area contributed by atoms with Crippen molar-refractivity contribution in [1.29, 1.82) is 0 Å². The van der Waals surface area contributed by atoms with E-state index in [0.717, 1.165) is 11.1 Å². The topological polar surface area (TPSA) is 49.4 Å². The Labute approximate surface area is 151 Å². The zero-order valence-corrected chi connectivity index (χ0v) is 16.5. The SMILES string of the molecule is CN(C)C[C@H](NS(=O)(=O)c1ccc(C(C)(C)C)cc1)c1ccccc1. The Morgan fingerprint density at radius 3 is 2.00 bits per heavy atom. The van der Waals surface area contributed by atoms with Crippen molar-refractivity contribution in [3.05, 3.63) is 65.7 Å². The van der Waals surface area contributed by atoms with Crippen LogP contribution in [0.4, 0.5) is 0 Å². The second kappa shape index (κ2) is 7.68. The zero-order chi connectivity index (χ0) is 18.7. The van der Waals surface area contributed by atoms with Crippen LogP contribution in [0.1, 0.15) is 37.9 Å². The average molecular weight is 361 g/mol. The third-order valence-electron chi connectivity index (χ3n) is 4.08. The van der Waals surface area contributed by atoms with Gasteiger partial charge in [-0.15, -0.1) is 0 Å². The molecular weight excluding hydrogens is 332 g/mol. The summed E-state index contributed by atoms with van der Waals surface area (Å²) in [6.07, 6.45) is 0. The van der Waals surface area contributed by atoms with E-state index >= 15 is 0 Å². The van der Waals surface area contributed by atoms with E-state index < -0.39 is 10.0 Å². The van der Waals surface area contributed by atoms with Crippen molar-refractivity contribution in [2.24, 2.45) is 0 Å². The minimum absolute atomic E-state index is 0.00673. The molecule has 0 fully saturated rings. The fraction of sp³-hybridized carbons (Fsp3) is 0.400. The highest BCUT2D eigenvalue weighted by atomic mass is 32.2. The van der Waals surface area contributed by atoms with E-state index in [1.807, 2.05) is 61.5 Å². The maximum atomic E-state index is 12.8. The highest BCUT2D eigenvalue weighted by molar-refractivity contribution is 7.89.